The molecule has 0 spiro atoms. The maximum absolute atomic E-state index is 12.8. The number of carbonyl (C=O) groups is 2. The highest BCUT2D eigenvalue weighted by Crippen LogP contribution is 2.33. The van der Waals surface area contributed by atoms with Crippen molar-refractivity contribution in [2.45, 2.75) is 38.3 Å². The summed E-state index contributed by atoms with van der Waals surface area (Å²) in [6, 6.07) is 7.61. The monoisotopic (exact) mass is 449 g/mol. The molecule has 1 aromatic carbocycles. The van der Waals surface area contributed by atoms with Crippen LogP contribution in [0.15, 0.2) is 28.7 Å². The van der Waals surface area contributed by atoms with E-state index in [1.54, 1.807) is 4.90 Å². The van der Waals surface area contributed by atoms with Crippen LogP contribution in [0.4, 0.5) is 10.3 Å². The predicted molar refractivity (Wildman–Crippen MR) is 108 cm³/mol. The van der Waals surface area contributed by atoms with Crippen molar-refractivity contribution >= 4 is 49.3 Å². The van der Waals surface area contributed by atoms with Gasteiger partial charge in [-0.05, 0) is 30.9 Å². The number of benzene rings is 1. The van der Waals surface area contributed by atoms with Crippen molar-refractivity contribution in [2.75, 3.05) is 22.9 Å². The van der Waals surface area contributed by atoms with Crippen molar-refractivity contribution in [3.63, 3.8) is 0 Å². The molecule has 0 bridgehead atoms. The first-order chi connectivity index (χ1) is 13.1. The lowest BCUT2D eigenvalue weighted by Crippen LogP contribution is -2.43. The molecule has 3 heterocycles. The van der Waals surface area contributed by atoms with E-state index in [2.05, 4.69) is 31.4 Å². The summed E-state index contributed by atoms with van der Waals surface area (Å²) >= 11 is 4.90. The van der Waals surface area contributed by atoms with Crippen LogP contribution in [0.25, 0.3) is 0 Å². The molecule has 2 amide bonds. The first kappa shape index (κ1) is 18.4. The number of nitrogens with zero attached hydrogens (tertiary/aromatic N) is 4. The second-order valence-electron chi connectivity index (χ2n) is 6.68. The zero-order valence-corrected chi connectivity index (χ0v) is 17.1. The van der Waals surface area contributed by atoms with Gasteiger partial charge in [-0.15, -0.1) is 10.2 Å². The van der Waals surface area contributed by atoms with Gasteiger partial charge in [0, 0.05) is 30.5 Å². The number of amides is 2. The largest absolute Gasteiger partial charge is 0.350 e. The quantitative estimate of drug-likeness (QED) is 0.758. The third-order valence-electron chi connectivity index (χ3n) is 4.92. The van der Waals surface area contributed by atoms with E-state index in [0.29, 0.717) is 29.8 Å². The lowest BCUT2D eigenvalue weighted by Gasteiger charge is -2.22. The van der Waals surface area contributed by atoms with E-state index in [1.165, 1.54) is 11.3 Å². The molecule has 0 radical (unpaired) electrons. The third kappa shape index (κ3) is 3.84. The first-order valence-electron chi connectivity index (χ1n) is 9.05. The van der Waals surface area contributed by atoms with Crippen molar-refractivity contribution in [2.24, 2.45) is 0 Å². The topological polar surface area (TPSA) is 78.4 Å². The molecule has 2 aliphatic heterocycles. The first-order valence-corrected chi connectivity index (χ1v) is 10.7. The van der Waals surface area contributed by atoms with Gasteiger partial charge in [-0.2, -0.15) is 0 Å². The van der Waals surface area contributed by atoms with E-state index in [9.17, 15) is 9.59 Å². The summed E-state index contributed by atoms with van der Waals surface area (Å²) in [6.07, 6.45) is 3.15. The van der Waals surface area contributed by atoms with Crippen LogP contribution in [0.2, 0.25) is 0 Å². The van der Waals surface area contributed by atoms with E-state index in [1.807, 2.05) is 29.2 Å². The summed E-state index contributed by atoms with van der Waals surface area (Å²) in [5, 5.41) is 12.8. The smallest absolute Gasteiger partial charge is 0.243 e. The van der Waals surface area contributed by atoms with Crippen LogP contribution in [-0.4, -0.2) is 41.1 Å². The van der Waals surface area contributed by atoms with Crippen LogP contribution in [0.5, 0.6) is 0 Å². The Morgan fingerprint density at radius 1 is 1.22 bits per heavy atom. The molecule has 2 aliphatic rings. The molecule has 142 valence electrons. The standard InChI is InChI=1S/C18H20BrN5O2S/c19-13-6-2-1-5-12(13)11-20-16(26)14-7-3-9-23(14)17-21-22-18(27-17)24-10-4-8-15(24)25/h1-2,5-6,14H,3-4,7-11H2,(H,20,26)/t14-/m1/s1. The van der Waals surface area contributed by atoms with E-state index in [4.69, 9.17) is 0 Å². The highest BCUT2D eigenvalue weighted by molar-refractivity contribution is 9.10. The number of hydrogen-bond donors (Lipinski definition) is 1. The van der Waals surface area contributed by atoms with Crippen molar-refractivity contribution in [3.05, 3.63) is 34.3 Å². The minimum atomic E-state index is -0.248. The number of rotatable bonds is 5. The van der Waals surface area contributed by atoms with E-state index in [0.717, 1.165) is 35.8 Å². The molecule has 1 aromatic heterocycles. The Bertz CT molecular complexity index is 858. The van der Waals surface area contributed by atoms with E-state index < -0.39 is 0 Å². The lowest BCUT2D eigenvalue weighted by atomic mass is 10.2. The molecule has 1 N–H and O–H groups in total. The second-order valence-corrected chi connectivity index (χ2v) is 8.47. The van der Waals surface area contributed by atoms with Crippen LogP contribution in [0.1, 0.15) is 31.2 Å². The van der Waals surface area contributed by atoms with Crippen LogP contribution >= 0.6 is 27.3 Å². The molecule has 27 heavy (non-hydrogen) atoms. The van der Waals surface area contributed by atoms with Crippen LogP contribution in [0, 0.1) is 0 Å². The van der Waals surface area contributed by atoms with Crippen molar-refractivity contribution in [1.29, 1.82) is 0 Å². The maximum Gasteiger partial charge on any atom is 0.243 e. The minimum Gasteiger partial charge on any atom is -0.350 e. The van der Waals surface area contributed by atoms with Gasteiger partial charge < -0.3 is 10.2 Å². The summed E-state index contributed by atoms with van der Waals surface area (Å²) in [5.74, 6) is 0.0964. The highest BCUT2D eigenvalue weighted by Gasteiger charge is 2.34. The molecule has 0 unspecified atom stereocenters. The molecule has 2 fully saturated rings. The summed E-state index contributed by atoms with van der Waals surface area (Å²) in [5.41, 5.74) is 1.04. The van der Waals surface area contributed by atoms with Gasteiger partial charge in [0.25, 0.3) is 0 Å². The van der Waals surface area contributed by atoms with Gasteiger partial charge in [-0.1, -0.05) is 45.5 Å². The molecular formula is C18H20BrN5O2S. The zero-order valence-electron chi connectivity index (χ0n) is 14.7. The molecule has 7 nitrogen and oxygen atoms in total. The fourth-order valence-electron chi connectivity index (χ4n) is 3.49. The Kier molecular flexibility index (Phi) is 5.40. The van der Waals surface area contributed by atoms with Crippen molar-refractivity contribution in [1.82, 2.24) is 15.5 Å². The van der Waals surface area contributed by atoms with Crippen LogP contribution in [-0.2, 0) is 16.1 Å². The van der Waals surface area contributed by atoms with E-state index in [-0.39, 0.29) is 17.9 Å². The van der Waals surface area contributed by atoms with Crippen molar-refractivity contribution < 1.29 is 9.59 Å². The normalized spacial score (nSPS) is 19.7. The Balaban J connectivity index is 1.43. The molecule has 9 heteroatoms. The lowest BCUT2D eigenvalue weighted by molar-refractivity contribution is -0.122. The van der Waals surface area contributed by atoms with Gasteiger partial charge in [0.05, 0.1) is 0 Å². The van der Waals surface area contributed by atoms with Gasteiger partial charge in [0.1, 0.15) is 6.04 Å². The maximum atomic E-state index is 12.8. The molecule has 0 saturated carbocycles. The fraction of sp³-hybridized carbons (Fsp3) is 0.444. The van der Waals surface area contributed by atoms with E-state index >= 15 is 0 Å². The minimum absolute atomic E-state index is 0.00254. The number of halogens is 1. The Labute approximate surface area is 169 Å². The number of nitrogens with one attached hydrogen (secondary N) is 1. The number of anilines is 2. The van der Waals surface area contributed by atoms with Gasteiger partial charge in [0.15, 0.2) is 0 Å². The number of aromatic nitrogens is 2. The molecule has 2 saturated heterocycles. The van der Waals surface area contributed by atoms with Crippen LogP contribution in [0.3, 0.4) is 0 Å². The summed E-state index contributed by atoms with van der Waals surface area (Å²) < 4.78 is 0.984. The van der Waals surface area contributed by atoms with Crippen molar-refractivity contribution in [3.8, 4) is 0 Å². The predicted octanol–water partition coefficient (Wildman–Crippen LogP) is 2.71. The fourth-order valence-corrected chi connectivity index (χ4v) is 4.88. The molecule has 4 rings (SSSR count). The van der Waals surface area contributed by atoms with Crippen LogP contribution < -0.4 is 15.1 Å². The SMILES string of the molecule is O=C(NCc1ccccc1Br)[C@H]1CCCN1c1nnc(N2CCCC2=O)s1. The summed E-state index contributed by atoms with van der Waals surface area (Å²) in [4.78, 5) is 28.4. The van der Waals surface area contributed by atoms with Gasteiger partial charge in [0.2, 0.25) is 22.1 Å². The van der Waals surface area contributed by atoms with Gasteiger partial charge in [-0.3, -0.25) is 14.5 Å². The Hall–Kier alpha value is -2.00. The molecule has 1 atom stereocenters. The number of hydrogen-bond acceptors (Lipinski definition) is 6. The molecule has 0 aliphatic carbocycles. The summed E-state index contributed by atoms with van der Waals surface area (Å²) in [7, 11) is 0. The molecule has 2 aromatic rings. The van der Waals surface area contributed by atoms with Gasteiger partial charge in [-0.25, -0.2) is 0 Å². The molecular weight excluding hydrogens is 430 g/mol. The Morgan fingerprint density at radius 3 is 2.81 bits per heavy atom. The number of carbonyl (C=O) groups excluding carboxylic acids is 2. The zero-order chi connectivity index (χ0) is 18.8. The van der Waals surface area contributed by atoms with Gasteiger partial charge >= 0.3 is 0 Å². The summed E-state index contributed by atoms with van der Waals surface area (Å²) in [6.45, 7) is 1.95. The average molecular weight is 450 g/mol. The third-order valence-corrected chi connectivity index (χ3v) is 6.68. The average Bonchev–Trinajstić information content (AvgIpc) is 3.40. The second kappa shape index (κ2) is 7.93. The Morgan fingerprint density at radius 2 is 2.04 bits per heavy atom. The highest BCUT2D eigenvalue weighted by atomic mass is 79.9.